The van der Waals surface area contributed by atoms with Gasteiger partial charge in [0.1, 0.15) is 0 Å². The van der Waals surface area contributed by atoms with Crippen LogP contribution in [0.4, 0.5) is 4.39 Å². The molecule has 1 amide bonds. The second-order valence-corrected chi connectivity index (χ2v) is 4.71. The first kappa shape index (κ1) is 15.9. The van der Waals surface area contributed by atoms with Crippen molar-refractivity contribution in [2.45, 2.75) is 26.8 Å². The Kier molecular flexibility index (Phi) is 5.49. The Labute approximate surface area is 116 Å². The lowest BCUT2D eigenvalue weighted by Gasteiger charge is -2.18. The highest BCUT2D eigenvalue weighted by molar-refractivity contribution is 5.79. The van der Waals surface area contributed by atoms with Crippen molar-refractivity contribution in [1.82, 2.24) is 5.32 Å². The van der Waals surface area contributed by atoms with E-state index in [9.17, 15) is 14.0 Å². The summed E-state index contributed by atoms with van der Waals surface area (Å²) in [5.74, 6) is -2.75. The zero-order chi connectivity index (χ0) is 15.3. The summed E-state index contributed by atoms with van der Waals surface area (Å²) in [6.07, 6.45) is 0. The highest BCUT2D eigenvalue weighted by Crippen LogP contribution is 2.18. The summed E-state index contributed by atoms with van der Waals surface area (Å²) in [6, 6.07) is 3.81. The monoisotopic (exact) mass is 283 g/mol. The van der Waals surface area contributed by atoms with Gasteiger partial charge in [0.25, 0.3) is 5.91 Å². The molecule has 1 aromatic carbocycles. The molecule has 0 aliphatic carbocycles. The lowest BCUT2D eigenvalue weighted by atomic mass is 10.0. The van der Waals surface area contributed by atoms with Gasteiger partial charge in [-0.1, -0.05) is 6.07 Å². The van der Waals surface area contributed by atoms with Crippen molar-refractivity contribution in [1.29, 1.82) is 0 Å². The van der Waals surface area contributed by atoms with Gasteiger partial charge in [0.2, 0.25) is 0 Å². The van der Waals surface area contributed by atoms with E-state index in [0.29, 0.717) is 0 Å². The molecule has 0 spiro atoms. The maximum Gasteiger partial charge on any atom is 0.308 e. The average molecular weight is 283 g/mol. The van der Waals surface area contributed by atoms with E-state index < -0.39 is 29.7 Å². The van der Waals surface area contributed by atoms with Crippen LogP contribution in [0.5, 0.6) is 5.75 Å². The van der Waals surface area contributed by atoms with Crippen LogP contribution in [0.2, 0.25) is 0 Å². The fourth-order valence-corrected chi connectivity index (χ4v) is 1.50. The number of carbonyl (C=O) groups excluding carboxylic acids is 1. The van der Waals surface area contributed by atoms with Crippen molar-refractivity contribution >= 4 is 11.9 Å². The average Bonchev–Trinajstić information content (AvgIpc) is 2.38. The first-order valence-corrected chi connectivity index (χ1v) is 6.22. The van der Waals surface area contributed by atoms with Crippen LogP contribution < -0.4 is 10.1 Å². The third kappa shape index (κ3) is 4.53. The van der Waals surface area contributed by atoms with Crippen LogP contribution in [0, 0.1) is 18.7 Å². The minimum Gasteiger partial charge on any atom is -0.481 e. The molecule has 2 N–H and O–H groups in total. The molecule has 6 heteroatoms. The number of carboxylic acid groups (broad SMARTS) is 1. The van der Waals surface area contributed by atoms with E-state index in [0.717, 1.165) is 5.56 Å². The SMILES string of the molecule is Cc1ccc(F)c(OCC(=O)NC(C)C(C)C(=O)O)c1. The van der Waals surface area contributed by atoms with Crippen molar-refractivity contribution in [3.8, 4) is 5.75 Å². The Bertz CT molecular complexity index is 504. The van der Waals surface area contributed by atoms with E-state index in [-0.39, 0.29) is 12.4 Å². The van der Waals surface area contributed by atoms with Crippen LogP contribution in [-0.4, -0.2) is 29.6 Å². The molecule has 0 saturated carbocycles. The molecule has 1 rings (SSSR count). The minimum absolute atomic E-state index is 0.000846. The van der Waals surface area contributed by atoms with Gasteiger partial charge in [-0.2, -0.15) is 0 Å². The Morgan fingerprint density at radius 3 is 2.65 bits per heavy atom. The van der Waals surface area contributed by atoms with Gasteiger partial charge in [0.15, 0.2) is 18.2 Å². The number of aryl methyl sites for hydroxylation is 1. The third-order valence-corrected chi connectivity index (χ3v) is 2.97. The van der Waals surface area contributed by atoms with Gasteiger partial charge in [0, 0.05) is 6.04 Å². The predicted octanol–water partition coefficient (Wildman–Crippen LogP) is 1.74. The lowest BCUT2D eigenvalue weighted by molar-refractivity contribution is -0.142. The number of halogens is 1. The molecular weight excluding hydrogens is 265 g/mol. The molecule has 0 fully saturated rings. The van der Waals surface area contributed by atoms with Gasteiger partial charge >= 0.3 is 5.97 Å². The van der Waals surface area contributed by atoms with Gasteiger partial charge in [-0.3, -0.25) is 9.59 Å². The van der Waals surface area contributed by atoms with E-state index in [1.54, 1.807) is 19.9 Å². The maximum atomic E-state index is 13.4. The molecule has 0 aliphatic rings. The Morgan fingerprint density at radius 1 is 1.40 bits per heavy atom. The van der Waals surface area contributed by atoms with Crippen LogP contribution >= 0.6 is 0 Å². The lowest BCUT2D eigenvalue weighted by Crippen LogP contribution is -2.42. The third-order valence-electron chi connectivity index (χ3n) is 2.97. The summed E-state index contributed by atoms with van der Waals surface area (Å²) in [5.41, 5.74) is 0.815. The molecule has 5 nitrogen and oxygen atoms in total. The number of aliphatic carboxylic acids is 1. The Balaban J connectivity index is 2.51. The van der Waals surface area contributed by atoms with Crippen LogP contribution in [0.25, 0.3) is 0 Å². The van der Waals surface area contributed by atoms with Crippen molar-refractivity contribution in [3.05, 3.63) is 29.6 Å². The Morgan fingerprint density at radius 2 is 2.05 bits per heavy atom. The largest absolute Gasteiger partial charge is 0.481 e. The molecule has 0 aliphatic heterocycles. The minimum atomic E-state index is -0.997. The molecule has 0 saturated heterocycles. The van der Waals surface area contributed by atoms with E-state index in [1.165, 1.54) is 19.1 Å². The number of benzene rings is 1. The highest BCUT2D eigenvalue weighted by Gasteiger charge is 2.21. The molecule has 0 radical (unpaired) electrons. The first-order valence-electron chi connectivity index (χ1n) is 6.22. The van der Waals surface area contributed by atoms with Crippen molar-refractivity contribution in [3.63, 3.8) is 0 Å². The molecule has 0 bridgehead atoms. The number of carboxylic acids is 1. The summed E-state index contributed by atoms with van der Waals surface area (Å²) < 4.78 is 18.5. The second-order valence-electron chi connectivity index (χ2n) is 4.71. The fraction of sp³-hybridized carbons (Fsp3) is 0.429. The highest BCUT2D eigenvalue weighted by atomic mass is 19.1. The zero-order valence-electron chi connectivity index (χ0n) is 11.6. The summed E-state index contributed by atoms with van der Waals surface area (Å²) in [4.78, 5) is 22.4. The zero-order valence-corrected chi connectivity index (χ0v) is 11.6. The number of ether oxygens (including phenoxy) is 1. The maximum absolute atomic E-state index is 13.4. The van der Waals surface area contributed by atoms with Gasteiger partial charge < -0.3 is 15.2 Å². The summed E-state index contributed by atoms with van der Waals surface area (Å²) in [7, 11) is 0. The van der Waals surface area contributed by atoms with Crippen LogP contribution in [-0.2, 0) is 9.59 Å². The number of nitrogens with one attached hydrogen (secondary N) is 1. The van der Waals surface area contributed by atoms with Gasteiger partial charge in [-0.15, -0.1) is 0 Å². The number of hydrogen-bond acceptors (Lipinski definition) is 3. The van der Waals surface area contributed by atoms with E-state index in [1.807, 2.05) is 0 Å². The number of amides is 1. The van der Waals surface area contributed by atoms with E-state index in [2.05, 4.69) is 5.32 Å². The number of carbonyl (C=O) groups is 2. The standard InChI is InChI=1S/C14H18FNO4/c1-8-4-5-11(15)12(6-8)20-7-13(17)16-10(3)9(2)14(18)19/h4-6,9-10H,7H2,1-3H3,(H,16,17)(H,18,19). The van der Waals surface area contributed by atoms with Crippen LogP contribution in [0.15, 0.2) is 18.2 Å². The van der Waals surface area contributed by atoms with Crippen LogP contribution in [0.1, 0.15) is 19.4 Å². The second kappa shape index (κ2) is 6.88. The number of rotatable bonds is 6. The smallest absolute Gasteiger partial charge is 0.308 e. The van der Waals surface area contributed by atoms with Crippen molar-refractivity contribution in [2.75, 3.05) is 6.61 Å². The summed E-state index contributed by atoms with van der Waals surface area (Å²) in [6.45, 7) is 4.50. The predicted molar refractivity (Wildman–Crippen MR) is 71.0 cm³/mol. The molecule has 1 aromatic rings. The van der Waals surface area contributed by atoms with Gasteiger partial charge in [-0.05, 0) is 38.5 Å². The molecule has 20 heavy (non-hydrogen) atoms. The Hall–Kier alpha value is -2.11. The molecule has 2 atom stereocenters. The topological polar surface area (TPSA) is 75.6 Å². The number of hydrogen-bond donors (Lipinski definition) is 2. The van der Waals surface area contributed by atoms with Crippen molar-refractivity contribution in [2.24, 2.45) is 5.92 Å². The first-order chi connectivity index (χ1) is 9.31. The fourth-order valence-electron chi connectivity index (χ4n) is 1.50. The normalized spacial score (nSPS) is 13.4. The van der Waals surface area contributed by atoms with Crippen molar-refractivity contribution < 1.29 is 23.8 Å². The van der Waals surface area contributed by atoms with E-state index in [4.69, 9.17) is 9.84 Å². The molecular formula is C14H18FNO4. The van der Waals surface area contributed by atoms with Crippen LogP contribution in [0.3, 0.4) is 0 Å². The van der Waals surface area contributed by atoms with Gasteiger partial charge in [-0.25, -0.2) is 4.39 Å². The molecule has 2 unspecified atom stereocenters. The van der Waals surface area contributed by atoms with E-state index >= 15 is 0 Å². The quantitative estimate of drug-likeness (QED) is 0.833. The summed E-state index contributed by atoms with van der Waals surface area (Å²) in [5, 5.41) is 11.3. The molecule has 0 heterocycles. The van der Waals surface area contributed by atoms with Gasteiger partial charge in [0.05, 0.1) is 5.92 Å². The molecule has 110 valence electrons. The molecule has 0 aromatic heterocycles. The summed E-state index contributed by atoms with van der Waals surface area (Å²) >= 11 is 0.